The molecule has 0 aliphatic heterocycles. The molecule has 0 aliphatic rings. The molecule has 57 heavy (non-hydrogen) atoms. The quantitative estimate of drug-likeness (QED) is 0.171. The van der Waals surface area contributed by atoms with Crippen LogP contribution in [0, 0.1) is 0 Å². The molecule has 0 spiro atoms. The van der Waals surface area contributed by atoms with Gasteiger partial charge in [0.1, 0.15) is 0 Å². The third-order valence-corrected chi connectivity index (χ3v) is 11.0. The third-order valence-electron chi connectivity index (χ3n) is 11.0. The van der Waals surface area contributed by atoms with Crippen LogP contribution in [0.4, 0.5) is 0 Å². The minimum absolute atomic E-state index is 0.629. The summed E-state index contributed by atoms with van der Waals surface area (Å²) in [4.78, 5) is 15.5. The molecular weight excluding hydrogens is 693 g/mol. The molecule has 9 aromatic carbocycles. The first kappa shape index (κ1) is 32.7. The number of para-hydroxylation sites is 1. The number of aromatic nitrogens is 4. The zero-order chi connectivity index (χ0) is 37.7. The van der Waals surface area contributed by atoms with E-state index >= 15 is 0 Å². The van der Waals surface area contributed by atoms with Gasteiger partial charge < -0.3 is 4.57 Å². The maximum atomic E-state index is 5.24. The number of benzene rings is 9. The highest BCUT2D eigenvalue weighted by Gasteiger charge is 2.19. The summed E-state index contributed by atoms with van der Waals surface area (Å²) in [5, 5.41) is 7.12. The van der Waals surface area contributed by atoms with Crippen LogP contribution in [0.25, 0.3) is 105 Å². The van der Waals surface area contributed by atoms with Crippen LogP contribution < -0.4 is 0 Å². The van der Waals surface area contributed by atoms with Crippen LogP contribution in [-0.2, 0) is 0 Å². The average Bonchev–Trinajstić information content (AvgIpc) is 3.61. The Morgan fingerprint density at radius 1 is 0.281 bits per heavy atom. The summed E-state index contributed by atoms with van der Waals surface area (Å²) in [7, 11) is 0. The van der Waals surface area contributed by atoms with Crippen molar-refractivity contribution in [3.05, 3.63) is 206 Å². The second kappa shape index (κ2) is 13.6. The summed E-state index contributed by atoms with van der Waals surface area (Å²) in [6.07, 6.45) is 0. The van der Waals surface area contributed by atoms with Gasteiger partial charge in [-0.05, 0) is 74.8 Å². The second-order valence-electron chi connectivity index (χ2n) is 14.4. The summed E-state index contributed by atoms with van der Waals surface area (Å²) in [5.74, 6) is 1.90. The van der Waals surface area contributed by atoms with Gasteiger partial charge in [-0.3, -0.25) is 0 Å². The summed E-state index contributed by atoms with van der Waals surface area (Å²) >= 11 is 0. The van der Waals surface area contributed by atoms with E-state index in [1.54, 1.807) is 0 Å². The number of fused-ring (bicyclic) bond motifs is 5. The van der Waals surface area contributed by atoms with E-state index in [1.807, 2.05) is 24.3 Å². The Labute approximate surface area is 330 Å². The van der Waals surface area contributed by atoms with Crippen molar-refractivity contribution in [3.63, 3.8) is 0 Å². The van der Waals surface area contributed by atoms with Crippen LogP contribution in [0.3, 0.4) is 0 Å². The normalized spacial score (nSPS) is 11.5. The molecule has 11 rings (SSSR count). The Balaban J connectivity index is 1.07. The molecule has 2 heterocycles. The van der Waals surface area contributed by atoms with Crippen LogP contribution in [0.15, 0.2) is 206 Å². The van der Waals surface area contributed by atoms with Crippen molar-refractivity contribution in [2.45, 2.75) is 0 Å². The van der Waals surface area contributed by atoms with Crippen LogP contribution in [0.1, 0.15) is 0 Å². The van der Waals surface area contributed by atoms with Gasteiger partial charge in [-0.25, -0.2) is 15.0 Å². The average molecular weight is 727 g/mol. The van der Waals surface area contributed by atoms with Crippen molar-refractivity contribution in [2.75, 3.05) is 0 Å². The van der Waals surface area contributed by atoms with E-state index in [1.165, 1.54) is 43.7 Å². The van der Waals surface area contributed by atoms with Crippen molar-refractivity contribution in [1.82, 2.24) is 19.5 Å². The predicted molar refractivity (Wildman–Crippen MR) is 236 cm³/mol. The number of hydrogen-bond donors (Lipinski definition) is 0. The van der Waals surface area contributed by atoms with Gasteiger partial charge in [0, 0.05) is 32.8 Å². The molecule has 0 bridgehead atoms. The first-order chi connectivity index (χ1) is 28.2. The second-order valence-corrected chi connectivity index (χ2v) is 14.4. The van der Waals surface area contributed by atoms with Crippen molar-refractivity contribution < 1.29 is 0 Å². The molecule has 0 radical (unpaired) electrons. The van der Waals surface area contributed by atoms with Crippen molar-refractivity contribution >= 4 is 43.4 Å². The van der Waals surface area contributed by atoms with E-state index in [-0.39, 0.29) is 0 Å². The fourth-order valence-electron chi connectivity index (χ4n) is 8.25. The highest BCUT2D eigenvalue weighted by Crippen LogP contribution is 2.39. The molecule has 266 valence electrons. The van der Waals surface area contributed by atoms with E-state index < -0.39 is 0 Å². The Morgan fingerprint density at radius 2 is 0.807 bits per heavy atom. The monoisotopic (exact) mass is 726 g/mol. The van der Waals surface area contributed by atoms with E-state index in [9.17, 15) is 0 Å². The van der Waals surface area contributed by atoms with Crippen LogP contribution in [0.2, 0.25) is 0 Å². The van der Waals surface area contributed by atoms with Gasteiger partial charge in [-0.1, -0.05) is 170 Å². The maximum Gasteiger partial charge on any atom is 0.164 e. The standard InChI is InChI=1S/C53H34N4/c1-3-14-35(15-4-1)36-26-28-37(29-27-36)39-20-13-21-42(32-39)52-54-51(38-16-5-2-6-17-38)55-53(56-52)46-30-31-49(44-23-10-9-22-43(44)46)57-48-25-12-11-24-45(48)47-33-40-18-7-8-19-41(40)34-50(47)57/h1-34H. The number of hydrogen-bond acceptors (Lipinski definition) is 3. The molecule has 0 atom stereocenters. The number of rotatable bonds is 6. The molecule has 0 saturated heterocycles. The van der Waals surface area contributed by atoms with E-state index in [2.05, 4.69) is 187 Å². The SMILES string of the molecule is c1ccc(-c2ccc(-c3cccc(-c4nc(-c5ccccc5)nc(-c5ccc(-n6c7ccccc7c7cc8ccccc8cc76)c6ccccc56)n4)c3)cc2)cc1. The molecule has 0 unspecified atom stereocenters. The summed E-state index contributed by atoms with van der Waals surface area (Å²) in [6.45, 7) is 0. The fourth-order valence-corrected chi connectivity index (χ4v) is 8.25. The molecule has 0 fully saturated rings. The van der Waals surface area contributed by atoms with Gasteiger partial charge in [-0.15, -0.1) is 0 Å². The molecule has 0 N–H and O–H groups in total. The highest BCUT2D eigenvalue weighted by atomic mass is 15.0. The highest BCUT2D eigenvalue weighted by molar-refractivity contribution is 6.15. The maximum absolute atomic E-state index is 5.24. The fraction of sp³-hybridized carbons (Fsp3) is 0. The molecule has 11 aromatic rings. The van der Waals surface area contributed by atoms with Gasteiger partial charge >= 0.3 is 0 Å². The van der Waals surface area contributed by atoms with Gasteiger partial charge in [0.25, 0.3) is 0 Å². The van der Waals surface area contributed by atoms with Crippen LogP contribution in [-0.4, -0.2) is 19.5 Å². The zero-order valence-electron chi connectivity index (χ0n) is 30.9. The minimum atomic E-state index is 0.629. The molecule has 4 heteroatoms. The van der Waals surface area contributed by atoms with Gasteiger partial charge in [0.2, 0.25) is 0 Å². The first-order valence-electron chi connectivity index (χ1n) is 19.3. The summed E-state index contributed by atoms with van der Waals surface area (Å²) < 4.78 is 2.41. The summed E-state index contributed by atoms with van der Waals surface area (Å²) in [6, 6.07) is 72.8. The van der Waals surface area contributed by atoms with E-state index in [0.717, 1.165) is 44.3 Å². The molecule has 0 aliphatic carbocycles. The molecular formula is C53H34N4. The van der Waals surface area contributed by atoms with Crippen LogP contribution in [0.5, 0.6) is 0 Å². The Kier molecular flexibility index (Phi) is 7.78. The van der Waals surface area contributed by atoms with Crippen molar-refractivity contribution in [2.24, 2.45) is 0 Å². The van der Waals surface area contributed by atoms with Gasteiger partial charge in [-0.2, -0.15) is 0 Å². The van der Waals surface area contributed by atoms with Crippen molar-refractivity contribution in [1.29, 1.82) is 0 Å². The lowest BCUT2D eigenvalue weighted by atomic mass is 9.99. The summed E-state index contributed by atoms with van der Waals surface area (Å²) in [5.41, 5.74) is 10.9. The predicted octanol–water partition coefficient (Wildman–Crippen LogP) is 13.6. The lowest BCUT2D eigenvalue weighted by Gasteiger charge is -2.15. The smallest absolute Gasteiger partial charge is 0.164 e. The van der Waals surface area contributed by atoms with E-state index in [4.69, 9.17) is 15.0 Å². The molecule has 0 amide bonds. The van der Waals surface area contributed by atoms with Gasteiger partial charge in [0.15, 0.2) is 17.5 Å². The minimum Gasteiger partial charge on any atom is -0.309 e. The number of nitrogens with zero attached hydrogens (tertiary/aromatic N) is 4. The van der Waals surface area contributed by atoms with Gasteiger partial charge in [0.05, 0.1) is 16.7 Å². The largest absolute Gasteiger partial charge is 0.309 e. The van der Waals surface area contributed by atoms with Crippen LogP contribution >= 0.6 is 0 Å². The molecule has 0 saturated carbocycles. The molecule has 2 aromatic heterocycles. The Morgan fingerprint density at radius 3 is 1.56 bits per heavy atom. The van der Waals surface area contributed by atoms with E-state index in [0.29, 0.717) is 17.5 Å². The topological polar surface area (TPSA) is 43.6 Å². The Hall–Kier alpha value is -7.69. The van der Waals surface area contributed by atoms with Crippen molar-refractivity contribution in [3.8, 4) is 62.1 Å². The Bertz CT molecular complexity index is 3280. The first-order valence-corrected chi connectivity index (χ1v) is 19.3. The third kappa shape index (κ3) is 5.74. The lowest BCUT2D eigenvalue weighted by Crippen LogP contribution is -2.02. The zero-order valence-corrected chi connectivity index (χ0v) is 30.9. The lowest BCUT2D eigenvalue weighted by molar-refractivity contribution is 1.08. The molecule has 4 nitrogen and oxygen atoms in total.